The molecule has 0 aliphatic heterocycles. The van der Waals surface area contributed by atoms with Crippen LogP contribution in [0, 0.1) is 18.6 Å². The first-order valence-electron chi connectivity index (χ1n) is 4.00. The third-order valence-electron chi connectivity index (χ3n) is 1.73. The molecule has 0 fully saturated rings. The van der Waals surface area contributed by atoms with E-state index in [0.29, 0.717) is 0 Å². The average molecular weight is 200 g/mol. The fraction of sp³-hybridized carbons (Fsp3) is 0.222. The average Bonchev–Trinajstić information content (AvgIpc) is 2.18. The lowest BCUT2D eigenvalue weighted by atomic mass is 10.2. The summed E-state index contributed by atoms with van der Waals surface area (Å²) in [7, 11) is 0. The van der Waals surface area contributed by atoms with Crippen molar-refractivity contribution in [2.45, 2.75) is 6.92 Å². The van der Waals surface area contributed by atoms with Crippen molar-refractivity contribution >= 4 is 11.6 Å². The van der Waals surface area contributed by atoms with Gasteiger partial charge >= 0.3 is 0 Å². The van der Waals surface area contributed by atoms with E-state index in [-0.39, 0.29) is 12.1 Å². The number of rotatable bonds is 2. The lowest BCUT2D eigenvalue weighted by Gasteiger charge is -2.07. The van der Waals surface area contributed by atoms with Gasteiger partial charge in [-0.1, -0.05) is 6.07 Å². The van der Waals surface area contributed by atoms with Crippen LogP contribution in [0.5, 0.6) is 0 Å². The molecule has 0 bridgehead atoms. The molecule has 5 heteroatoms. The third kappa shape index (κ3) is 2.05. The minimum absolute atomic E-state index is 0.263. The van der Waals surface area contributed by atoms with Gasteiger partial charge in [0.05, 0.1) is 6.54 Å². The van der Waals surface area contributed by atoms with E-state index in [4.69, 9.17) is 5.73 Å². The number of benzene rings is 1. The van der Waals surface area contributed by atoms with Crippen LogP contribution in [0.25, 0.3) is 0 Å². The second-order valence-electron chi connectivity index (χ2n) is 2.81. The predicted molar refractivity (Wildman–Crippen MR) is 48.8 cm³/mol. The summed E-state index contributed by atoms with van der Waals surface area (Å²) in [5.74, 6) is -2.21. The number of halogens is 2. The Morgan fingerprint density at radius 1 is 1.50 bits per heavy atom. The molecule has 3 nitrogen and oxygen atoms in total. The SMILES string of the molecule is Cc1ccc(F)c(NC(=O)CN)c1F. The van der Waals surface area contributed by atoms with Crippen molar-refractivity contribution in [1.29, 1.82) is 0 Å². The van der Waals surface area contributed by atoms with Gasteiger partial charge in [-0.3, -0.25) is 4.79 Å². The van der Waals surface area contributed by atoms with E-state index < -0.39 is 23.2 Å². The van der Waals surface area contributed by atoms with Crippen molar-refractivity contribution in [3.05, 3.63) is 29.3 Å². The number of nitrogens with one attached hydrogen (secondary N) is 1. The molecule has 1 rings (SSSR count). The smallest absolute Gasteiger partial charge is 0.238 e. The van der Waals surface area contributed by atoms with Gasteiger partial charge in [-0.25, -0.2) is 8.78 Å². The highest BCUT2D eigenvalue weighted by atomic mass is 19.1. The first-order valence-corrected chi connectivity index (χ1v) is 4.00. The van der Waals surface area contributed by atoms with Crippen molar-refractivity contribution in [2.75, 3.05) is 11.9 Å². The highest BCUT2D eigenvalue weighted by Crippen LogP contribution is 2.21. The molecule has 1 amide bonds. The monoisotopic (exact) mass is 200 g/mol. The van der Waals surface area contributed by atoms with Gasteiger partial charge < -0.3 is 11.1 Å². The molecule has 0 heterocycles. The first kappa shape index (κ1) is 10.6. The number of anilines is 1. The van der Waals surface area contributed by atoms with Crippen LogP contribution in [-0.2, 0) is 4.79 Å². The fourth-order valence-corrected chi connectivity index (χ4v) is 0.962. The van der Waals surface area contributed by atoms with Gasteiger partial charge in [0.2, 0.25) is 5.91 Å². The second-order valence-corrected chi connectivity index (χ2v) is 2.81. The van der Waals surface area contributed by atoms with E-state index in [1.165, 1.54) is 13.0 Å². The summed E-state index contributed by atoms with van der Waals surface area (Å²) in [4.78, 5) is 10.8. The molecule has 0 aliphatic carbocycles. The van der Waals surface area contributed by atoms with Crippen LogP contribution in [0.2, 0.25) is 0 Å². The molecule has 0 aliphatic rings. The van der Waals surface area contributed by atoms with Crippen molar-refractivity contribution in [3.63, 3.8) is 0 Å². The lowest BCUT2D eigenvalue weighted by molar-refractivity contribution is -0.114. The molecule has 0 spiro atoms. The summed E-state index contributed by atoms with van der Waals surface area (Å²) in [5.41, 5.74) is 4.82. The zero-order chi connectivity index (χ0) is 10.7. The Bertz CT molecular complexity index is 366. The van der Waals surface area contributed by atoms with Crippen LogP contribution >= 0.6 is 0 Å². The van der Waals surface area contributed by atoms with E-state index in [1.54, 1.807) is 0 Å². The van der Waals surface area contributed by atoms with E-state index in [1.807, 2.05) is 0 Å². The molecular formula is C9H10F2N2O. The Hall–Kier alpha value is -1.49. The van der Waals surface area contributed by atoms with Crippen molar-refractivity contribution in [2.24, 2.45) is 5.73 Å². The number of hydrogen-bond acceptors (Lipinski definition) is 2. The van der Waals surface area contributed by atoms with Gasteiger partial charge in [0.25, 0.3) is 0 Å². The van der Waals surface area contributed by atoms with Crippen LogP contribution in [-0.4, -0.2) is 12.5 Å². The van der Waals surface area contributed by atoms with Crippen molar-refractivity contribution in [1.82, 2.24) is 0 Å². The second kappa shape index (κ2) is 4.15. The maximum Gasteiger partial charge on any atom is 0.238 e. The van der Waals surface area contributed by atoms with Crippen LogP contribution in [0.3, 0.4) is 0 Å². The summed E-state index contributed by atoms with van der Waals surface area (Å²) < 4.78 is 26.3. The van der Waals surface area contributed by atoms with Crippen LogP contribution < -0.4 is 11.1 Å². The molecule has 14 heavy (non-hydrogen) atoms. The zero-order valence-electron chi connectivity index (χ0n) is 7.60. The van der Waals surface area contributed by atoms with Gasteiger partial charge in [0, 0.05) is 0 Å². The molecule has 0 saturated carbocycles. The third-order valence-corrected chi connectivity index (χ3v) is 1.73. The number of hydrogen-bond donors (Lipinski definition) is 2. The van der Waals surface area contributed by atoms with Crippen LogP contribution in [0.4, 0.5) is 14.5 Å². The highest BCUT2D eigenvalue weighted by Gasteiger charge is 2.12. The molecule has 0 atom stereocenters. The molecule has 0 saturated heterocycles. The normalized spacial score (nSPS) is 10.0. The topological polar surface area (TPSA) is 55.1 Å². The molecule has 0 radical (unpaired) electrons. The zero-order valence-corrected chi connectivity index (χ0v) is 7.60. The quantitative estimate of drug-likeness (QED) is 0.752. The van der Waals surface area contributed by atoms with Gasteiger partial charge in [0.1, 0.15) is 11.5 Å². The number of nitrogens with two attached hydrogens (primary N) is 1. The number of amides is 1. The Morgan fingerprint density at radius 3 is 2.71 bits per heavy atom. The fourth-order valence-electron chi connectivity index (χ4n) is 0.962. The summed E-state index contributed by atoms with van der Waals surface area (Å²) >= 11 is 0. The van der Waals surface area contributed by atoms with Crippen molar-refractivity contribution < 1.29 is 13.6 Å². The van der Waals surface area contributed by atoms with Gasteiger partial charge in [-0.15, -0.1) is 0 Å². The Morgan fingerprint density at radius 2 is 2.14 bits per heavy atom. The molecule has 1 aromatic carbocycles. The molecule has 3 N–H and O–H groups in total. The maximum atomic E-state index is 13.3. The standard InChI is InChI=1S/C9H10F2N2O/c1-5-2-3-6(10)9(8(5)11)13-7(14)4-12/h2-3H,4,12H2,1H3,(H,13,14). The van der Waals surface area contributed by atoms with E-state index in [0.717, 1.165) is 6.07 Å². The number of aryl methyl sites for hydroxylation is 1. The van der Waals surface area contributed by atoms with Crippen LogP contribution in [0.1, 0.15) is 5.56 Å². The lowest BCUT2D eigenvalue weighted by Crippen LogP contribution is -2.23. The maximum absolute atomic E-state index is 13.3. The van der Waals surface area contributed by atoms with Gasteiger partial charge in [-0.05, 0) is 18.6 Å². The Labute approximate surface area is 79.9 Å². The predicted octanol–water partition coefficient (Wildman–Crippen LogP) is 1.17. The minimum atomic E-state index is -0.810. The molecule has 1 aromatic rings. The number of carbonyl (C=O) groups is 1. The Kier molecular flexibility index (Phi) is 3.14. The summed E-state index contributed by atoms with van der Waals surface area (Å²) in [6, 6.07) is 2.38. The van der Waals surface area contributed by atoms with E-state index in [9.17, 15) is 13.6 Å². The molecular weight excluding hydrogens is 190 g/mol. The molecule has 0 unspecified atom stereocenters. The molecule has 76 valence electrons. The number of carbonyl (C=O) groups excluding carboxylic acids is 1. The van der Waals surface area contributed by atoms with Gasteiger partial charge in [0.15, 0.2) is 5.82 Å². The molecule has 0 aromatic heterocycles. The summed E-state index contributed by atoms with van der Waals surface area (Å²) in [6.45, 7) is 1.17. The van der Waals surface area contributed by atoms with Gasteiger partial charge in [-0.2, -0.15) is 0 Å². The first-order chi connectivity index (χ1) is 6.56. The minimum Gasteiger partial charge on any atom is -0.322 e. The van der Waals surface area contributed by atoms with E-state index >= 15 is 0 Å². The largest absolute Gasteiger partial charge is 0.322 e. The highest BCUT2D eigenvalue weighted by molar-refractivity contribution is 5.92. The Balaban J connectivity index is 3.06. The van der Waals surface area contributed by atoms with E-state index in [2.05, 4.69) is 5.32 Å². The summed E-state index contributed by atoms with van der Waals surface area (Å²) in [6.07, 6.45) is 0. The summed E-state index contributed by atoms with van der Waals surface area (Å²) in [5, 5.41) is 2.06. The van der Waals surface area contributed by atoms with Crippen LogP contribution in [0.15, 0.2) is 12.1 Å². The van der Waals surface area contributed by atoms with Crippen molar-refractivity contribution in [3.8, 4) is 0 Å².